The molecule has 3 rings (SSSR count). The van der Waals surface area contributed by atoms with Gasteiger partial charge in [0, 0.05) is 18.0 Å². The molecule has 1 heterocycles. The van der Waals surface area contributed by atoms with Crippen LogP contribution >= 0.6 is 0 Å². The second-order valence-electron chi connectivity index (χ2n) is 4.14. The number of rotatable bonds is 2. The zero-order chi connectivity index (χ0) is 13.1. The first-order chi connectivity index (χ1) is 9.34. The molecule has 2 aromatic carbocycles. The molecular weight excluding hydrogens is 239 g/mol. The highest BCUT2D eigenvalue weighted by molar-refractivity contribution is 5.63. The van der Waals surface area contributed by atoms with Crippen molar-refractivity contribution in [2.75, 3.05) is 0 Å². The van der Waals surface area contributed by atoms with Crippen molar-refractivity contribution in [3.8, 4) is 22.5 Å². The Morgan fingerprint density at radius 3 is 2.00 bits per heavy atom. The molecule has 0 aliphatic heterocycles. The fourth-order valence-corrected chi connectivity index (χ4v) is 1.89. The largest absolute Gasteiger partial charge is 0.236 e. The normalized spacial score (nSPS) is 10.4. The third-order valence-corrected chi connectivity index (χ3v) is 2.87. The number of halogens is 1. The summed E-state index contributed by atoms with van der Waals surface area (Å²) in [6.07, 6.45) is 3.42. The average molecular weight is 250 g/mol. The fourth-order valence-electron chi connectivity index (χ4n) is 1.89. The Labute approximate surface area is 110 Å². The van der Waals surface area contributed by atoms with Gasteiger partial charge in [0.05, 0.1) is 5.56 Å². The third-order valence-electron chi connectivity index (χ3n) is 2.87. The van der Waals surface area contributed by atoms with Gasteiger partial charge in [-0.15, -0.1) is 0 Å². The minimum atomic E-state index is -0.310. The van der Waals surface area contributed by atoms with E-state index in [9.17, 15) is 4.39 Å². The van der Waals surface area contributed by atoms with Gasteiger partial charge in [0.1, 0.15) is 5.82 Å². The molecule has 0 saturated carbocycles. The summed E-state index contributed by atoms with van der Waals surface area (Å²) in [4.78, 5) is 8.47. The van der Waals surface area contributed by atoms with Gasteiger partial charge < -0.3 is 0 Å². The molecule has 2 nitrogen and oxygen atoms in total. The molecular formula is C16H11FN2. The van der Waals surface area contributed by atoms with E-state index >= 15 is 0 Å². The van der Waals surface area contributed by atoms with Gasteiger partial charge in [-0.1, -0.05) is 42.5 Å². The molecule has 1 aromatic heterocycles. The number of hydrogen-bond donors (Lipinski definition) is 0. The molecule has 0 aliphatic rings. The van der Waals surface area contributed by atoms with Gasteiger partial charge >= 0.3 is 0 Å². The first-order valence-electron chi connectivity index (χ1n) is 5.97. The number of benzene rings is 2. The van der Waals surface area contributed by atoms with Gasteiger partial charge in [-0.3, -0.25) is 0 Å². The lowest BCUT2D eigenvalue weighted by atomic mass is 10.1. The first-order valence-corrected chi connectivity index (χ1v) is 5.97. The summed E-state index contributed by atoms with van der Waals surface area (Å²) in [6.45, 7) is 0. The molecule has 0 aliphatic carbocycles. The van der Waals surface area contributed by atoms with E-state index in [-0.39, 0.29) is 5.82 Å². The van der Waals surface area contributed by atoms with E-state index in [1.54, 1.807) is 30.6 Å². The van der Waals surface area contributed by atoms with Crippen molar-refractivity contribution in [1.82, 2.24) is 9.97 Å². The molecule has 0 N–H and O–H groups in total. The Hall–Kier alpha value is -2.55. The second-order valence-corrected chi connectivity index (χ2v) is 4.14. The molecule has 0 saturated heterocycles. The van der Waals surface area contributed by atoms with Crippen molar-refractivity contribution in [2.45, 2.75) is 0 Å². The minimum absolute atomic E-state index is 0.310. The number of nitrogens with zero attached hydrogens (tertiary/aromatic N) is 2. The van der Waals surface area contributed by atoms with E-state index in [0.29, 0.717) is 11.4 Å². The number of hydrogen-bond acceptors (Lipinski definition) is 2. The lowest BCUT2D eigenvalue weighted by molar-refractivity contribution is 0.630. The standard InChI is InChI=1S/C16H11FN2/c17-15-9-5-4-8-14(15)16-18-10-13(11-19-16)12-6-2-1-3-7-12/h1-11H. The van der Waals surface area contributed by atoms with Gasteiger partial charge in [-0.05, 0) is 17.7 Å². The van der Waals surface area contributed by atoms with Crippen LogP contribution in [0.25, 0.3) is 22.5 Å². The third kappa shape index (κ3) is 2.36. The zero-order valence-corrected chi connectivity index (χ0v) is 10.1. The van der Waals surface area contributed by atoms with Crippen LogP contribution in [-0.2, 0) is 0 Å². The average Bonchev–Trinajstić information content (AvgIpc) is 2.49. The molecule has 0 spiro atoms. The summed E-state index contributed by atoms with van der Waals surface area (Å²) >= 11 is 0. The van der Waals surface area contributed by atoms with Crippen molar-refractivity contribution in [3.63, 3.8) is 0 Å². The predicted octanol–water partition coefficient (Wildman–Crippen LogP) is 3.95. The van der Waals surface area contributed by atoms with Crippen LogP contribution in [0.4, 0.5) is 4.39 Å². The van der Waals surface area contributed by atoms with Crippen LogP contribution < -0.4 is 0 Å². The molecule has 0 radical (unpaired) electrons. The fraction of sp³-hybridized carbons (Fsp3) is 0. The summed E-state index contributed by atoms with van der Waals surface area (Å²) in [5, 5.41) is 0. The highest BCUT2D eigenvalue weighted by atomic mass is 19.1. The van der Waals surface area contributed by atoms with Crippen molar-refractivity contribution in [1.29, 1.82) is 0 Å². The lowest BCUT2D eigenvalue weighted by Gasteiger charge is -2.03. The van der Waals surface area contributed by atoms with E-state index in [4.69, 9.17) is 0 Å². The van der Waals surface area contributed by atoms with E-state index < -0.39 is 0 Å². The highest BCUT2D eigenvalue weighted by Crippen LogP contribution is 2.21. The smallest absolute Gasteiger partial charge is 0.162 e. The van der Waals surface area contributed by atoms with Gasteiger partial charge in [-0.2, -0.15) is 0 Å². The molecule has 0 atom stereocenters. The topological polar surface area (TPSA) is 25.8 Å². The van der Waals surface area contributed by atoms with Crippen LogP contribution in [-0.4, -0.2) is 9.97 Å². The Kier molecular flexibility index (Phi) is 3.02. The Morgan fingerprint density at radius 1 is 0.684 bits per heavy atom. The summed E-state index contributed by atoms with van der Waals surface area (Å²) in [5.74, 6) is 0.0905. The molecule has 0 fully saturated rings. The summed E-state index contributed by atoms with van der Waals surface area (Å²) in [6, 6.07) is 16.3. The zero-order valence-electron chi connectivity index (χ0n) is 10.1. The predicted molar refractivity (Wildman–Crippen MR) is 72.9 cm³/mol. The van der Waals surface area contributed by atoms with Gasteiger partial charge in [-0.25, -0.2) is 14.4 Å². The van der Waals surface area contributed by atoms with Crippen LogP contribution in [0.15, 0.2) is 67.0 Å². The Balaban J connectivity index is 1.98. The maximum Gasteiger partial charge on any atom is 0.162 e. The van der Waals surface area contributed by atoms with Crippen molar-refractivity contribution in [3.05, 3.63) is 72.8 Å². The van der Waals surface area contributed by atoms with Crippen molar-refractivity contribution < 1.29 is 4.39 Å². The summed E-state index contributed by atoms with van der Waals surface area (Å²) in [7, 11) is 0. The minimum Gasteiger partial charge on any atom is -0.236 e. The molecule has 0 amide bonds. The maximum absolute atomic E-state index is 13.6. The first kappa shape index (κ1) is 11.5. The lowest BCUT2D eigenvalue weighted by Crippen LogP contribution is -1.92. The molecule has 3 aromatic rings. The molecule has 92 valence electrons. The molecule has 0 bridgehead atoms. The molecule has 19 heavy (non-hydrogen) atoms. The molecule has 0 unspecified atom stereocenters. The van der Waals surface area contributed by atoms with Gasteiger partial charge in [0.25, 0.3) is 0 Å². The van der Waals surface area contributed by atoms with E-state index in [1.807, 2.05) is 30.3 Å². The maximum atomic E-state index is 13.6. The monoisotopic (exact) mass is 250 g/mol. The highest BCUT2D eigenvalue weighted by Gasteiger charge is 2.07. The van der Waals surface area contributed by atoms with E-state index in [1.165, 1.54) is 6.07 Å². The van der Waals surface area contributed by atoms with Crippen molar-refractivity contribution in [2.24, 2.45) is 0 Å². The van der Waals surface area contributed by atoms with Crippen LogP contribution in [0.5, 0.6) is 0 Å². The van der Waals surface area contributed by atoms with Gasteiger partial charge in [0.2, 0.25) is 0 Å². The van der Waals surface area contributed by atoms with Crippen LogP contribution in [0.3, 0.4) is 0 Å². The van der Waals surface area contributed by atoms with Crippen LogP contribution in [0.2, 0.25) is 0 Å². The quantitative estimate of drug-likeness (QED) is 0.688. The van der Waals surface area contributed by atoms with Crippen molar-refractivity contribution >= 4 is 0 Å². The second kappa shape index (κ2) is 4.98. The van der Waals surface area contributed by atoms with Gasteiger partial charge in [0.15, 0.2) is 5.82 Å². The summed E-state index contributed by atoms with van der Waals surface area (Å²) < 4.78 is 13.6. The number of aromatic nitrogens is 2. The van der Waals surface area contributed by atoms with E-state index in [2.05, 4.69) is 9.97 Å². The molecule has 3 heteroatoms. The van der Waals surface area contributed by atoms with Crippen LogP contribution in [0, 0.1) is 5.82 Å². The SMILES string of the molecule is Fc1ccccc1-c1ncc(-c2ccccc2)cn1. The Bertz CT molecular complexity index is 679. The summed E-state index contributed by atoms with van der Waals surface area (Å²) in [5.41, 5.74) is 2.38. The Morgan fingerprint density at radius 2 is 1.32 bits per heavy atom. The van der Waals surface area contributed by atoms with Crippen LogP contribution in [0.1, 0.15) is 0 Å². The van der Waals surface area contributed by atoms with E-state index in [0.717, 1.165) is 11.1 Å².